The molecule has 0 fully saturated rings. The first-order valence-corrected chi connectivity index (χ1v) is 11.7. The van der Waals surface area contributed by atoms with E-state index in [1.807, 2.05) is 61.5 Å². The summed E-state index contributed by atoms with van der Waals surface area (Å²) < 4.78 is 12.3. The van der Waals surface area contributed by atoms with Gasteiger partial charge >= 0.3 is 5.97 Å². The Morgan fingerprint density at radius 3 is 2.35 bits per heavy atom. The zero-order chi connectivity index (χ0) is 24.1. The van der Waals surface area contributed by atoms with E-state index in [1.54, 1.807) is 11.5 Å². The Hall–Kier alpha value is -3.92. The van der Waals surface area contributed by atoms with E-state index in [2.05, 4.69) is 9.97 Å². The van der Waals surface area contributed by atoms with Crippen molar-refractivity contribution in [2.75, 3.05) is 19.0 Å². The Balaban J connectivity index is 1.89. The minimum Gasteiger partial charge on any atom is -0.494 e. The highest BCUT2D eigenvalue weighted by atomic mass is 32.2. The highest BCUT2D eigenvalue weighted by Gasteiger charge is 2.23. The molecule has 0 saturated heterocycles. The lowest BCUT2D eigenvalue weighted by molar-refractivity contribution is -0.139. The van der Waals surface area contributed by atoms with Gasteiger partial charge in [0.05, 0.1) is 19.0 Å². The maximum Gasteiger partial charge on any atom is 0.316 e. The second-order valence-corrected chi connectivity index (χ2v) is 7.99. The number of esters is 1. The predicted molar refractivity (Wildman–Crippen MR) is 129 cm³/mol. The van der Waals surface area contributed by atoms with Gasteiger partial charge in [0.2, 0.25) is 0 Å². The number of benzene rings is 2. The van der Waals surface area contributed by atoms with E-state index in [9.17, 15) is 9.59 Å². The van der Waals surface area contributed by atoms with Crippen LogP contribution >= 0.6 is 11.8 Å². The van der Waals surface area contributed by atoms with Gasteiger partial charge in [0, 0.05) is 11.3 Å². The maximum atomic E-state index is 12.3. The molecular formula is C24H23N5O4S. The largest absolute Gasteiger partial charge is 0.494 e. The molecule has 0 saturated carbocycles. The zero-order valence-electron chi connectivity index (χ0n) is 18.7. The standard InChI is InChI=1S/C24H23N5O4S/c1-3-32-17-12-10-15(11-13-17)22-26-19(21(25)31)20-23(28-22)29(16-8-6-5-7-9-16)24(27-20)34-14-18(30)33-4-2/h5-13H,3-4,14H2,1-2H3,(H2,25,31). The van der Waals surface area contributed by atoms with Crippen LogP contribution in [0, 0.1) is 0 Å². The van der Waals surface area contributed by atoms with Crippen molar-refractivity contribution in [2.24, 2.45) is 5.73 Å². The number of imidazole rings is 1. The van der Waals surface area contributed by atoms with Crippen molar-refractivity contribution in [1.29, 1.82) is 0 Å². The average molecular weight is 478 g/mol. The summed E-state index contributed by atoms with van der Waals surface area (Å²) in [4.78, 5) is 38.0. The molecule has 10 heteroatoms. The van der Waals surface area contributed by atoms with Crippen LogP contribution in [0.25, 0.3) is 28.2 Å². The van der Waals surface area contributed by atoms with Crippen molar-refractivity contribution in [2.45, 2.75) is 19.0 Å². The molecule has 0 atom stereocenters. The number of fused-ring (bicyclic) bond motifs is 1. The number of aromatic nitrogens is 4. The smallest absolute Gasteiger partial charge is 0.316 e. The molecule has 174 valence electrons. The summed E-state index contributed by atoms with van der Waals surface area (Å²) in [6, 6.07) is 16.7. The summed E-state index contributed by atoms with van der Waals surface area (Å²) >= 11 is 1.19. The first kappa shape index (κ1) is 23.2. The molecule has 4 aromatic rings. The Bertz CT molecular complexity index is 1320. The number of ether oxygens (including phenoxy) is 2. The molecule has 2 heterocycles. The van der Waals surface area contributed by atoms with Crippen LogP contribution < -0.4 is 10.5 Å². The summed E-state index contributed by atoms with van der Waals surface area (Å²) in [5.74, 6) is 0.00206. The number of hydrogen-bond donors (Lipinski definition) is 1. The van der Waals surface area contributed by atoms with Gasteiger partial charge in [-0.15, -0.1) is 0 Å². The van der Waals surface area contributed by atoms with E-state index >= 15 is 0 Å². The fourth-order valence-electron chi connectivity index (χ4n) is 3.34. The second-order valence-electron chi connectivity index (χ2n) is 7.05. The van der Waals surface area contributed by atoms with E-state index in [4.69, 9.17) is 20.2 Å². The van der Waals surface area contributed by atoms with E-state index in [0.717, 1.165) is 11.4 Å². The molecule has 0 radical (unpaired) electrons. The number of primary amides is 1. The Kier molecular flexibility index (Phi) is 7.07. The number of hydrogen-bond acceptors (Lipinski definition) is 8. The zero-order valence-corrected chi connectivity index (χ0v) is 19.5. The number of nitrogens with two attached hydrogens (primary N) is 1. The van der Waals surface area contributed by atoms with Crippen molar-refractivity contribution in [3.8, 4) is 22.8 Å². The third-order valence-electron chi connectivity index (χ3n) is 4.77. The molecule has 4 rings (SSSR count). The minimum absolute atomic E-state index is 0.00144. The first-order chi connectivity index (χ1) is 16.5. The van der Waals surface area contributed by atoms with Crippen LogP contribution in [0.5, 0.6) is 5.75 Å². The lowest BCUT2D eigenvalue weighted by Gasteiger charge is -2.09. The average Bonchev–Trinajstić information content (AvgIpc) is 3.22. The molecule has 34 heavy (non-hydrogen) atoms. The van der Waals surface area contributed by atoms with Crippen LogP contribution in [0.15, 0.2) is 59.8 Å². The molecule has 0 unspecified atom stereocenters. The van der Waals surface area contributed by atoms with E-state index in [0.29, 0.717) is 28.8 Å². The van der Waals surface area contributed by atoms with E-state index in [1.165, 1.54) is 11.8 Å². The van der Waals surface area contributed by atoms with Crippen LogP contribution in [-0.2, 0) is 9.53 Å². The lowest BCUT2D eigenvalue weighted by Crippen LogP contribution is -2.15. The number of carbonyl (C=O) groups is 2. The van der Waals surface area contributed by atoms with Gasteiger partial charge in [-0.05, 0) is 50.2 Å². The molecule has 0 spiro atoms. The van der Waals surface area contributed by atoms with Crippen molar-refractivity contribution in [3.63, 3.8) is 0 Å². The number of para-hydroxylation sites is 1. The Morgan fingerprint density at radius 2 is 1.71 bits per heavy atom. The molecule has 0 aliphatic carbocycles. The van der Waals surface area contributed by atoms with Gasteiger partial charge in [0.15, 0.2) is 22.3 Å². The van der Waals surface area contributed by atoms with Gasteiger partial charge in [0.1, 0.15) is 11.3 Å². The van der Waals surface area contributed by atoms with Crippen molar-refractivity contribution >= 4 is 34.8 Å². The molecule has 1 amide bonds. The number of carbonyl (C=O) groups excluding carboxylic acids is 2. The quantitative estimate of drug-likeness (QED) is 0.286. The van der Waals surface area contributed by atoms with Crippen LogP contribution in [-0.4, -0.2) is 50.4 Å². The van der Waals surface area contributed by atoms with Crippen LogP contribution in [0.1, 0.15) is 24.3 Å². The third kappa shape index (κ3) is 4.86. The Morgan fingerprint density at radius 1 is 0.971 bits per heavy atom. The van der Waals surface area contributed by atoms with Crippen molar-refractivity contribution in [3.05, 3.63) is 60.3 Å². The van der Waals surface area contributed by atoms with Crippen LogP contribution in [0.3, 0.4) is 0 Å². The van der Waals surface area contributed by atoms with Crippen LogP contribution in [0.4, 0.5) is 0 Å². The molecule has 2 aromatic carbocycles. The summed E-state index contributed by atoms with van der Waals surface area (Å²) in [6.45, 7) is 4.50. The third-order valence-corrected chi connectivity index (χ3v) is 5.68. The highest BCUT2D eigenvalue weighted by Crippen LogP contribution is 2.30. The second kappa shape index (κ2) is 10.3. The topological polar surface area (TPSA) is 122 Å². The maximum absolute atomic E-state index is 12.3. The lowest BCUT2D eigenvalue weighted by atomic mass is 10.2. The molecule has 2 N–H and O–H groups in total. The highest BCUT2D eigenvalue weighted by molar-refractivity contribution is 7.99. The Labute approximate surface area is 200 Å². The molecule has 0 aliphatic rings. The number of nitrogens with zero attached hydrogens (tertiary/aromatic N) is 4. The van der Waals surface area contributed by atoms with E-state index < -0.39 is 5.91 Å². The molecule has 0 bridgehead atoms. The normalized spacial score (nSPS) is 10.9. The van der Waals surface area contributed by atoms with Gasteiger partial charge in [-0.1, -0.05) is 30.0 Å². The summed E-state index contributed by atoms with van der Waals surface area (Å²) in [5, 5.41) is 0.467. The minimum atomic E-state index is -0.723. The summed E-state index contributed by atoms with van der Waals surface area (Å²) in [7, 11) is 0. The molecular weight excluding hydrogens is 454 g/mol. The summed E-state index contributed by atoms with van der Waals surface area (Å²) in [6.07, 6.45) is 0. The molecule has 9 nitrogen and oxygen atoms in total. The van der Waals surface area contributed by atoms with Gasteiger partial charge in [-0.2, -0.15) is 0 Å². The van der Waals surface area contributed by atoms with Gasteiger partial charge in [0.25, 0.3) is 5.91 Å². The monoisotopic (exact) mass is 477 g/mol. The predicted octanol–water partition coefficient (Wildman–Crippen LogP) is 3.64. The number of amides is 1. The van der Waals surface area contributed by atoms with Crippen molar-refractivity contribution < 1.29 is 19.1 Å². The van der Waals surface area contributed by atoms with Crippen LogP contribution in [0.2, 0.25) is 0 Å². The fraction of sp³-hybridized carbons (Fsp3) is 0.208. The molecule has 2 aromatic heterocycles. The molecule has 0 aliphatic heterocycles. The number of rotatable bonds is 9. The number of thioether (sulfide) groups is 1. The first-order valence-electron chi connectivity index (χ1n) is 10.7. The summed E-state index contributed by atoms with van der Waals surface area (Å²) in [5.41, 5.74) is 7.80. The van der Waals surface area contributed by atoms with E-state index in [-0.39, 0.29) is 29.5 Å². The van der Waals surface area contributed by atoms with Crippen molar-refractivity contribution in [1.82, 2.24) is 19.5 Å². The van der Waals surface area contributed by atoms with Gasteiger partial charge in [-0.25, -0.2) is 15.0 Å². The SMILES string of the molecule is CCOC(=O)CSc1nc2c(C(N)=O)nc(-c3ccc(OCC)cc3)nc2n1-c1ccccc1. The van der Waals surface area contributed by atoms with Gasteiger partial charge < -0.3 is 15.2 Å². The fourth-order valence-corrected chi connectivity index (χ4v) is 4.15. The van der Waals surface area contributed by atoms with Gasteiger partial charge in [-0.3, -0.25) is 14.2 Å².